The van der Waals surface area contributed by atoms with E-state index >= 15 is 0 Å². The summed E-state index contributed by atoms with van der Waals surface area (Å²) < 4.78 is 29.4. The lowest BCUT2D eigenvalue weighted by Gasteiger charge is -2.33. The van der Waals surface area contributed by atoms with Gasteiger partial charge >= 0.3 is 0 Å². The van der Waals surface area contributed by atoms with E-state index < -0.39 is 28.5 Å². The Labute approximate surface area is 239 Å². The molecule has 1 saturated carbocycles. The lowest BCUT2D eigenvalue weighted by Crippen LogP contribution is -2.53. The summed E-state index contributed by atoms with van der Waals surface area (Å²) in [6.45, 7) is 1.41. The Bertz CT molecular complexity index is 1360. The SMILES string of the molecule is CC(C(=O)NC1CCCCC1)N(Cc1cccc(Br)c1)C(=O)CN(c1ccccc1)S(=O)(=O)c1ccccc1. The summed E-state index contributed by atoms with van der Waals surface area (Å²) in [5, 5.41) is 3.12. The number of sulfonamides is 1. The first-order chi connectivity index (χ1) is 18.8. The monoisotopic (exact) mass is 611 g/mol. The molecule has 0 heterocycles. The summed E-state index contributed by atoms with van der Waals surface area (Å²) in [5.74, 6) is -0.702. The molecule has 3 aromatic carbocycles. The van der Waals surface area contributed by atoms with Crippen molar-refractivity contribution in [1.82, 2.24) is 10.2 Å². The topological polar surface area (TPSA) is 86.8 Å². The van der Waals surface area contributed by atoms with E-state index in [1.165, 1.54) is 23.5 Å². The second kappa shape index (κ2) is 13.3. The van der Waals surface area contributed by atoms with E-state index in [4.69, 9.17) is 0 Å². The number of rotatable bonds is 10. The molecule has 206 valence electrons. The minimum atomic E-state index is -4.05. The number of halogens is 1. The number of amides is 2. The molecule has 1 aliphatic carbocycles. The van der Waals surface area contributed by atoms with Gasteiger partial charge in [-0.2, -0.15) is 0 Å². The van der Waals surface area contributed by atoms with Gasteiger partial charge in [-0.1, -0.05) is 83.7 Å². The first-order valence-corrected chi connectivity index (χ1v) is 15.5. The van der Waals surface area contributed by atoms with Crippen molar-refractivity contribution in [3.8, 4) is 0 Å². The van der Waals surface area contributed by atoms with Gasteiger partial charge in [-0.3, -0.25) is 13.9 Å². The highest BCUT2D eigenvalue weighted by Crippen LogP contribution is 2.25. The Morgan fingerprint density at radius 2 is 1.56 bits per heavy atom. The first kappa shape index (κ1) is 28.8. The van der Waals surface area contributed by atoms with Crippen molar-refractivity contribution in [2.75, 3.05) is 10.8 Å². The maximum absolute atomic E-state index is 14.0. The van der Waals surface area contributed by atoms with Gasteiger partial charge in [0.15, 0.2) is 0 Å². The Kier molecular flexibility index (Phi) is 9.80. The van der Waals surface area contributed by atoms with Crippen molar-refractivity contribution >= 4 is 43.5 Å². The van der Waals surface area contributed by atoms with E-state index in [9.17, 15) is 18.0 Å². The smallest absolute Gasteiger partial charge is 0.264 e. The number of benzene rings is 3. The Morgan fingerprint density at radius 3 is 2.21 bits per heavy atom. The molecule has 0 bridgehead atoms. The van der Waals surface area contributed by atoms with E-state index in [0.29, 0.717) is 5.69 Å². The maximum atomic E-state index is 14.0. The highest BCUT2D eigenvalue weighted by atomic mass is 79.9. The van der Waals surface area contributed by atoms with Gasteiger partial charge in [0.05, 0.1) is 10.6 Å². The van der Waals surface area contributed by atoms with Crippen LogP contribution in [0.2, 0.25) is 0 Å². The van der Waals surface area contributed by atoms with Gasteiger partial charge in [-0.05, 0) is 61.7 Å². The zero-order valence-corrected chi connectivity index (χ0v) is 24.4. The van der Waals surface area contributed by atoms with E-state index in [2.05, 4.69) is 21.2 Å². The zero-order valence-electron chi connectivity index (χ0n) is 22.0. The first-order valence-electron chi connectivity index (χ1n) is 13.2. The van der Waals surface area contributed by atoms with E-state index in [0.717, 1.165) is 40.0 Å². The van der Waals surface area contributed by atoms with Crippen molar-refractivity contribution in [2.24, 2.45) is 0 Å². The normalized spacial score (nSPS) is 14.8. The van der Waals surface area contributed by atoms with Gasteiger partial charge in [0.25, 0.3) is 10.0 Å². The fourth-order valence-corrected chi connectivity index (χ4v) is 6.71. The molecule has 1 aliphatic rings. The second-order valence-corrected chi connectivity index (χ2v) is 12.6. The van der Waals surface area contributed by atoms with Crippen LogP contribution in [-0.2, 0) is 26.2 Å². The van der Waals surface area contributed by atoms with Gasteiger partial charge in [-0.15, -0.1) is 0 Å². The van der Waals surface area contributed by atoms with Crippen LogP contribution in [0.25, 0.3) is 0 Å². The third-order valence-electron chi connectivity index (χ3n) is 7.02. The Morgan fingerprint density at radius 1 is 0.923 bits per heavy atom. The fourth-order valence-electron chi connectivity index (χ4n) is 4.83. The molecule has 1 fully saturated rings. The summed E-state index contributed by atoms with van der Waals surface area (Å²) in [4.78, 5) is 28.9. The van der Waals surface area contributed by atoms with Gasteiger partial charge in [0, 0.05) is 17.1 Å². The minimum Gasteiger partial charge on any atom is -0.352 e. The Balaban J connectivity index is 1.65. The predicted octanol–water partition coefficient (Wildman–Crippen LogP) is 5.51. The molecular weight excluding hydrogens is 578 g/mol. The fraction of sp³-hybridized carbons (Fsp3) is 0.333. The van der Waals surface area contributed by atoms with E-state index in [1.54, 1.807) is 55.5 Å². The highest BCUT2D eigenvalue weighted by Gasteiger charge is 2.33. The molecule has 39 heavy (non-hydrogen) atoms. The molecule has 0 aromatic heterocycles. The van der Waals surface area contributed by atoms with Crippen LogP contribution in [0.15, 0.2) is 94.3 Å². The molecule has 1 unspecified atom stereocenters. The van der Waals surface area contributed by atoms with Crippen molar-refractivity contribution < 1.29 is 18.0 Å². The van der Waals surface area contributed by atoms with Crippen LogP contribution in [-0.4, -0.2) is 43.8 Å². The summed E-state index contributed by atoms with van der Waals surface area (Å²) in [6, 6.07) is 23.4. The highest BCUT2D eigenvalue weighted by molar-refractivity contribution is 9.10. The molecule has 1 N–H and O–H groups in total. The zero-order chi connectivity index (χ0) is 27.8. The summed E-state index contributed by atoms with van der Waals surface area (Å²) in [6.07, 6.45) is 5.16. The van der Waals surface area contributed by atoms with Crippen LogP contribution in [0, 0.1) is 0 Å². The predicted molar refractivity (Wildman–Crippen MR) is 157 cm³/mol. The molecule has 0 spiro atoms. The lowest BCUT2D eigenvalue weighted by molar-refractivity contribution is -0.139. The molecule has 1 atom stereocenters. The van der Waals surface area contributed by atoms with E-state index in [1.807, 2.05) is 24.3 Å². The number of para-hydroxylation sites is 1. The van der Waals surface area contributed by atoms with Crippen LogP contribution < -0.4 is 9.62 Å². The standard InChI is InChI=1S/C30H34BrN3O4S/c1-23(30(36)32-26-14-5-2-6-15-26)33(21-24-12-11-13-25(31)20-24)29(35)22-34(27-16-7-3-8-17-27)39(37,38)28-18-9-4-10-19-28/h3-4,7-13,16-20,23,26H,2,5-6,14-15,21-22H2,1H3,(H,32,36). The van der Waals surface area contributed by atoms with Crippen LogP contribution in [0.5, 0.6) is 0 Å². The number of hydrogen-bond donors (Lipinski definition) is 1. The molecule has 0 aliphatic heterocycles. The molecule has 3 aromatic rings. The number of anilines is 1. The number of carbonyl (C=O) groups excluding carboxylic acids is 2. The number of carbonyl (C=O) groups is 2. The molecule has 4 rings (SSSR count). The van der Waals surface area contributed by atoms with Crippen molar-refractivity contribution in [1.29, 1.82) is 0 Å². The summed E-state index contributed by atoms with van der Waals surface area (Å²) in [7, 11) is -4.05. The number of nitrogens with zero attached hydrogens (tertiary/aromatic N) is 2. The maximum Gasteiger partial charge on any atom is 0.264 e. The molecule has 2 amide bonds. The van der Waals surface area contributed by atoms with Crippen LogP contribution in [0.4, 0.5) is 5.69 Å². The third kappa shape index (κ3) is 7.48. The van der Waals surface area contributed by atoms with Gasteiger partial charge in [0.1, 0.15) is 12.6 Å². The molecule has 0 radical (unpaired) electrons. The van der Waals surface area contributed by atoms with Crippen molar-refractivity contribution in [3.63, 3.8) is 0 Å². The van der Waals surface area contributed by atoms with Gasteiger partial charge in [-0.25, -0.2) is 8.42 Å². The largest absolute Gasteiger partial charge is 0.352 e. The Hall–Kier alpha value is -3.17. The third-order valence-corrected chi connectivity index (χ3v) is 9.30. The second-order valence-electron chi connectivity index (χ2n) is 9.83. The van der Waals surface area contributed by atoms with Crippen LogP contribution in [0.1, 0.15) is 44.6 Å². The van der Waals surface area contributed by atoms with Crippen molar-refractivity contribution in [3.05, 3.63) is 95.0 Å². The van der Waals surface area contributed by atoms with Crippen molar-refractivity contribution in [2.45, 2.75) is 62.6 Å². The lowest BCUT2D eigenvalue weighted by atomic mass is 9.95. The average Bonchev–Trinajstić information content (AvgIpc) is 2.95. The van der Waals surface area contributed by atoms with Crippen LogP contribution >= 0.6 is 15.9 Å². The van der Waals surface area contributed by atoms with E-state index in [-0.39, 0.29) is 23.4 Å². The summed E-state index contributed by atoms with van der Waals surface area (Å²) in [5.41, 5.74) is 1.20. The van der Waals surface area contributed by atoms with Gasteiger partial charge in [0.2, 0.25) is 11.8 Å². The summed E-state index contributed by atoms with van der Waals surface area (Å²) >= 11 is 3.47. The van der Waals surface area contributed by atoms with Crippen LogP contribution in [0.3, 0.4) is 0 Å². The number of hydrogen-bond acceptors (Lipinski definition) is 4. The quantitative estimate of drug-likeness (QED) is 0.327. The molecule has 9 heteroatoms. The molecular formula is C30H34BrN3O4S. The molecule has 7 nitrogen and oxygen atoms in total. The number of nitrogens with one attached hydrogen (secondary N) is 1. The van der Waals surface area contributed by atoms with Gasteiger partial charge < -0.3 is 10.2 Å². The average molecular weight is 613 g/mol. The minimum absolute atomic E-state index is 0.0864. The molecule has 0 saturated heterocycles.